The Labute approximate surface area is 216 Å². The molecule has 3 aromatic carbocycles. The van der Waals surface area contributed by atoms with E-state index in [1.807, 2.05) is 6.07 Å². The molecule has 2 saturated heterocycles. The molecule has 0 unspecified atom stereocenters. The van der Waals surface area contributed by atoms with Crippen molar-refractivity contribution in [1.82, 2.24) is 5.32 Å². The van der Waals surface area contributed by atoms with E-state index < -0.39 is 41.2 Å². The monoisotopic (exact) mass is 528 g/mol. The number of halogens is 3. The highest BCUT2D eigenvalue weighted by atomic mass is 35.5. The number of benzene rings is 3. The number of carboxylic acids is 1. The summed E-state index contributed by atoms with van der Waals surface area (Å²) in [6, 6.07) is 19.5. The number of nitrogens with one attached hydrogen (secondary N) is 1. The average Bonchev–Trinajstić information content (AvgIpc) is 3.30. The summed E-state index contributed by atoms with van der Waals surface area (Å²) in [7, 11) is 0. The molecule has 0 radical (unpaired) electrons. The third kappa shape index (κ3) is 3.91. The number of carbonyl (C=O) groups excluding carboxylic acids is 2. The van der Waals surface area contributed by atoms with Crippen LogP contribution < -0.4 is 10.2 Å². The lowest BCUT2D eigenvalue weighted by atomic mass is 9.76. The second-order valence-electron chi connectivity index (χ2n) is 8.72. The Morgan fingerprint density at radius 1 is 0.914 bits per heavy atom. The van der Waals surface area contributed by atoms with Crippen LogP contribution in [0.4, 0.5) is 5.69 Å². The van der Waals surface area contributed by atoms with E-state index >= 15 is 0 Å². The third-order valence-electron chi connectivity index (χ3n) is 6.74. The minimum atomic E-state index is -1.73. The molecule has 9 heteroatoms. The van der Waals surface area contributed by atoms with Crippen LogP contribution in [0, 0.1) is 11.8 Å². The highest BCUT2D eigenvalue weighted by molar-refractivity contribution is 6.38. The second kappa shape index (κ2) is 8.95. The zero-order valence-electron chi connectivity index (χ0n) is 18.1. The van der Waals surface area contributed by atoms with Gasteiger partial charge in [-0.2, -0.15) is 0 Å². The summed E-state index contributed by atoms with van der Waals surface area (Å²) in [6.45, 7) is 0. The Bertz CT molecular complexity index is 1330. The van der Waals surface area contributed by atoms with E-state index in [1.54, 1.807) is 48.5 Å². The zero-order valence-corrected chi connectivity index (χ0v) is 20.4. The van der Waals surface area contributed by atoms with Crippen molar-refractivity contribution in [3.8, 4) is 0 Å². The van der Waals surface area contributed by atoms with Crippen molar-refractivity contribution in [3.63, 3.8) is 0 Å². The fourth-order valence-corrected chi connectivity index (χ4v) is 5.83. The van der Waals surface area contributed by atoms with Gasteiger partial charge in [-0.25, -0.2) is 4.90 Å². The van der Waals surface area contributed by atoms with Gasteiger partial charge >= 0.3 is 5.97 Å². The fourth-order valence-electron chi connectivity index (χ4n) is 5.21. The van der Waals surface area contributed by atoms with Crippen LogP contribution >= 0.6 is 34.8 Å². The maximum absolute atomic E-state index is 13.9. The van der Waals surface area contributed by atoms with Crippen LogP contribution in [0.2, 0.25) is 15.1 Å². The molecule has 0 aliphatic carbocycles. The predicted molar refractivity (Wildman–Crippen MR) is 134 cm³/mol. The van der Waals surface area contributed by atoms with E-state index in [-0.39, 0.29) is 17.1 Å². The maximum Gasteiger partial charge on any atom is 0.325 e. The van der Waals surface area contributed by atoms with Crippen molar-refractivity contribution in [2.75, 3.05) is 4.90 Å². The van der Waals surface area contributed by atoms with Gasteiger partial charge in [0.2, 0.25) is 11.8 Å². The topological polar surface area (TPSA) is 86.7 Å². The number of rotatable bonds is 5. The molecule has 2 N–H and O–H groups in total. The molecule has 35 heavy (non-hydrogen) atoms. The lowest BCUT2D eigenvalue weighted by molar-refractivity contribution is -0.148. The minimum Gasteiger partial charge on any atom is -0.480 e. The van der Waals surface area contributed by atoms with E-state index in [1.165, 1.54) is 18.2 Å². The molecule has 2 fully saturated rings. The molecule has 0 aromatic heterocycles. The molecule has 2 aliphatic rings. The van der Waals surface area contributed by atoms with Crippen molar-refractivity contribution in [2.45, 2.75) is 18.0 Å². The van der Waals surface area contributed by atoms with Gasteiger partial charge in [0, 0.05) is 22.5 Å². The molecular formula is C26H19Cl3N2O4. The molecule has 0 bridgehead atoms. The molecule has 4 atom stereocenters. The lowest BCUT2D eigenvalue weighted by Crippen LogP contribution is -2.57. The van der Waals surface area contributed by atoms with Gasteiger partial charge in [-0.15, -0.1) is 0 Å². The normalized spacial score (nSPS) is 25.7. The Morgan fingerprint density at radius 3 is 2.20 bits per heavy atom. The summed E-state index contributed by atoms with van der Waals surface area (Å²) in [5.41, 5.74) is -0.169. The number of carboxylic acid groups (broad SMARTS) is 1. The number of hydrogen-bond donors (Lipinski definition) is 2. The van der Waals surface area contributed by atoms with Gasteiger partial charge in [0.25, 0.3) is 0 Å². The highest BCUT2D eigenvalue weighted by Crippen LogP contribution is 2.51. The highest BCUT2D eigenvalue weighted by Gasteiger charge is 2.68. The van der Waals surface area contributed by atoms with E-state index in [0.29, 0.717) is 15.6 Å². The molecule has 2 aliphatic heterocycles. The molecule has 178 valence electrons. The van der Waals surface area contributed by atoms with Crippen LogP contribution in [0.15, 0.2) is 72.8 Å². The van der Waals surface area contributed by atoms with Gasteiger partial charge in [-0.05, 0) is 41.5 Å². The minimum absolute atomic E-state index is 0.00956. The quantitative estimate of drug-likeness (QED) is 0.446. The van der Waals surface area contributed by atoms with Crippen molar-refractivity contribution >= 4 is 58.3 Å². The number of fused-ring (bicyclic) bond motifs is 1. The number of amides is 2. The summed E-state index contributed by atoms with van der Waals surface area (Å²) in [6.07, 6.45) is 0.00956. The summed E-state index contributed by atoms with van der Waals surface area (Å²) in [4.78, 5) is 41.6. The Morgan fingerprint density at radius 2 is 1.57 bits per heavy atom. The van der Waals surface area contributed by atoms with Crippen LogP contribution in [0.5, 0.6) is 0 Å². The summed E-state index contributed by atoms with van der Waals surface area (Å²) in [5.74, 6) is -4.48. The summed E-state index contributed by atoms with van der Waals surface area (Å²) < 4.78 is 0. The molecule has 0 saturated carbocycles. The van der Waals surface area contributed by atoms with Crippen LogP contribution in [0.3, 0.4) is 0 Å². The summed E-state index contributed by atoms with van der Waals surface area (Å²) in [5, 5.41) is 14.7. The van der Waals surface area contributed by atoms with Gasteiger partial charge in [0.15, 0.2) is 0 Å². The molecule has 6 nitrogen and oxygen atoms in total. The predicted octanol–water partition coefficient (Wildman–Crippen LogP) is 5.16. The summed E-state index contributed by atoms with van der Waals surface area (Å²) >= 11 is 18.4. The van der Waals surface area contributed by atoms with Gasteiger partial charge in [0.1, 0.15) is 5.54 Å². The van der Waals surface area contributed by atoms with Crippen molar-refractivity contribution in [3.05, 3.63) is 99.0 Å². The first-order valence-corrected chi connectivity index (χ1v) is 12.0. The Balaban J connectivity index is 1.67. The van der Waals surface area contributed by atoms with Crippen molar-refractivity contribution < 1.29 is 19.5 Å². The number of anilines is 1. The zero-order chi connectivity index (χ0) is 24.9. The van der Waals surface area contributed by atoms with Crippen LogP contribution in [0.1, 0.15) is 17.2 Å². The van der Waals surface area contributed by atoms with Gasteiger partial charge in [0.05, 0.1) is 22.5 Å². The van der Waals surface area contributed by atoms with Gasteiger partial charge in [-0.1, -0.05) is 77.3 Å². The molecular weight excluding hydrogens is 511 g/mol. The third-order valence-corrected chi connectivity index (χ3v) is 7.53. The number of imide groups is 1. The van der Waals surface area contributed by atoms with Gasteiger partial charge < -0.3 is 5.11 Å². The van der Waals surface area contributed by atoms with Gasteiger partial charge in [-0.3, -0.25) is 19.7 Å². The molecule has 3 aromatic rings. The van der Waals surface area contributed by atoms with E-state index in [2.05, 4.69) is 5.32 Å². The van der Waals surface area contributed by atoms with Crippen molar-refractivity contribution in [1.29, 1.82) is 0 Å². The standard InChI is InChI=1S/C26H19Cl3N2O4/c27-16-8-6-15(7-9-16)22-20-21(26(30-22,25(34)35)13-14-4-2-1-3-5-14)24(33)31(23(20)32)19-11-10-17(28)12-18(19)29/h1-12,20-22,30H,13H2,(H,34,35)/t20-,21+,22-,26+/m0/s1. The lowest BCUT2D eigenvalue weighted by Gasteiger charge is -2.31. The number of carbonyl (C=O) groups is 3. The van der Waals surface area contributed by atoms with E-state index in [4.69, 9.17) is 34.8 Å². The Kier molecular flexibility index (Phi) is 6.09. The number of nitrogens with zero attached hydrogens (tertiary/aromatic N) is 1. The first kappa shape index (κ1) is 23.8. The first-order valence-electron chi connectivity index (χ1n) is 10.9. The van der Waals surface area contributed by atoms with Crippen molar-refractivity contribution in [2.24, 2.45) is 11.8 Å². The smallest absolute Gasteiger partial charge is 0.325 e. The fraction of sp³-hybridized carbons (Fsp3) is 0.192. The molecule has 0 spiro atoms. The van der Waals surface area contributed by atoms with Crippen LogP contribution in [-0.4, -0.2) is 28.4 Å². The number of aliphatic carboxylic acids is 1. The SMILES string of the molecule is O=C1[C@@H]2[C@H](c3ccc(Cl)cc3)N[C@@](Cc3ccccc3)(C(=O)O)[C@H]2C(=O)N1c1ccc(Cl)cc1Cl. The van der Waals surface area contributed by atoms with Crippen LogP contribution in [0.25, 0.3) is 0 Å². The molecule has 2 heterocycles. The second-order valence-corrected chi connectivity index (χ2v) is 10.0. The van der Waals surface area contributed by atoms with Crippen LogP contribution in [-0.2, 0) is 20.8 Å². The molecule has 2 amide bonds. The van der Waals surface area contributed by atoms with E-state index in [9.17, 15) is 19.5 Å². The maximum atomic E-state index is 13.9. The Hall–Kier alpha value is -2.90. The molecule has 5 rings (SSSR count). The van der Waals surface area contributed by atoms with E-state index in [0.717, 1.165) is 10.5 Å². The first-order chi connectivity index (χ1) is 16.7. The average molecular weight is 530 g/mol. The largest absolute Gasteiger partial charge is 0.480 e. The number of hydrogen-bond acceptors (Lipinski definition) is 4.